The second-order valence-corrected chi connectivity index (χ2v) is 5.38. The van der Waals surface area contributed by atoms with Crippen molar-refractivity contribution in [2.45, 2.75) is 6.30 Å². The highest BCUT2D eigenvalue weighted by Gasteiger charge is 2.38. The van der Waals surface area contributed by atoms with Gasteiger partial charge in [-0.1, -0.05) is 6.07 Å². The van der Waals surface area contributed by atoms with E-state index in [4.69, 9.17) is 5.26 Å². The zero-order valence-corrected chi connectivity index (χ0v) is 12.5. The van der Waals surface area contributed by atoms with Crippen LogP contribution in [0.25, 0.3) is 0 Å². The Morgan fingerprint density at radius 1 is 1.23 bits per heavy atom. The van der Waals surface area contributed by atoms with Gasteiger partial charge in [-0.25, -0.2) is 4.90 Å². The van der Waals surface area contributed by atoms with Crippen LogP contribution in [0.5, 0.6) is 0 Å². The van der Waals surface area contributed by atoms with E-state index in [0.717, 1.165) is 5.69 Å². The van der Waals surface area contributed by atoms with Gasteiger partial charge in [0.25, 0.3) is 0 Å². The van der Waals surface area contributed by atoms with E-state index in [2.05, 4.69) is 6.07 Å². The summed E-state index contributed by atoms with van der Waals surface area (Å²) in [5.41, 5.74) is 1.54. The Balaban J connectivity index is 1.80. The Labute approximate surface area is 128 Å². The molecule has 0 N–H and O–H groups in total. The van der Waals surface area contributed by atoms with E-state index >= 15 is 0 Å². The molecule has 0 aliphatic carbocycles. The monoisotopic (exact) mass is 312 g/mol. The number of nitriles is 1. The fraction of sp³-hybridized carbons (Fsp3) is 0.533. The molecule has 0 atom stereocenters. The highest BCUT2D eigenvalue weighted by atomic mass is 19.4. The van der Waals surface area contributed by atoms with Crippen molar-refractivity contribution in [1.29, 1.82) is 5.26 Å². The van der Waals surface area contributed by atoms with E-state index in [1.165, 1.54) is 0 Å². The second kappa shape index (κ2) is 6.99. The Bertz CT molecular complexity index is 530. The summed E-state index contributed by atoms with van der Waals surface area (Å²) in [4.78, 5) is 4.60. The number of alkyl halides is 3. The molecule has 1 aromatic rings. The predicted molar refractivity (Wildman–Crippen MR) is 78.5 cm³/mol. The van der Waals surface area contributed by atoms with Crippen molar-refractivity contribution in [2.75, 3.05) is 51.2 Å². The van der Waals surface area contributed by atoms with Gasteiger partial charge in [0.15, 0.2) is 0 Å². The molecule has 0 amide bonds. The first kappa shape index (κ1) is 16.6. The summed E-state index contributed by atoms with van der Waals surface area (Å²) >= 11 is 0. The Morgan fingerprint density at radius 2 is 1.91 bits per heavy atom. The summed E-state index contributed by atoms with van der Waals surface area (Å²) in [6, 6.07) is 9.39. The molecule has 1 aliphatic heterocycles. The van der Waals surface area contributed by atoms with Crippen molar-refractivity contribution in [2.24, 2.45) is 0 Å². The van der Waals surface area contributed by atoms with Crippen LogP contribution in [0.1, 0.15) is 5.56 Å². The Kier molecular flexibility index (Phi) is 5.27. The normalized spacial score (nSPS) is 17.2. The molecule has 22 heavy (non-hydrogen) atoms. The first-order valence-electron chi connectivity index (χ1n) is 7.15. The number of rotatable bonds is 4. The second-order valence-electron chi connectivity index (χ2n) is 5.38. The van der Waals surface area contributed by atoms with Gasteiger partial charge in [0.05, 0.1) is 11.6 Å². The molecular formula is C15H19F3N4. The third kappa shape index (κ3) is 4.36. The topological polar surface area (TPSA) is 33.5 Å². The van der Waals surface area contributed by atoms with Gasteiger partial charge in [-0.2, -0.15) is 18.4 Å². The Hall–Kier alpha value is -1.78. The molecule has 1 aliphatic rings. The minimum Gasteiger partial charge on any atom is -0.373 e. The van der Waals surface area contributed by atoms with Crippen LogP contribution in [0.15, 0.2) is 24.3 Å². The van der Waals surface area contributed by atoms with Gasteiger partial charge in [-0.3, -0.25) is 4.90 Å². The minimum absolute atomic E-state index is 0.0249. The fourth-order valence-electron chi connectivity index (χ4n) is 2.46. The smallest absolute Gasteiger partial charge is 0.373 e. The molecule has 2 rings (SSSR count). The van der Waals surface area contributed by atoms with E-state index in [9.17, 15) is 13.2 Å². The van der Waals surface area contributed by atoms with Crippen molar-refractivity contribution in [3.63, 3.8) is 0 Å². The van der Waals surface area contributed by atoms with Gasteiger partial charge in [0.2, 0.25) is 0 Å². The average Bonchev–Trinajstić information content (AvgIpc) is 2.52. The van der Waals surface area contributed by atoms with Crippen LogP contribution in [-0.4, -0.2) is 62.4 Å². The molecule has 7 heteroatoms. The van der Waals surface area contributed by atoms with Crippen molar-refractivity contribution in [3.8, 4) is 6.07 Å². The van der Waals surface area contributed by atoms with Crippen LogP contribution in [-0.2, 0) is 0 Å². The molecule has 0 spiro atoms. The van der Waals surface area contributed by atoms with Crippen LogP contribution in [0.4, 0.5) is 18.9 Å². The number of likely N-dealkylation sites (N-methyl/N-ethyl adjacent to an activating group) is 1. The van der Waals surface area contributed by atoms with Crippen LogP contribution in [0, 0.1) is 11.3 Å². The van der Waals surface area contributed by atoms with E-state index in [0.29, 0.717) is 36.6 Å². The molecule has 1 fully saturated rings. The lowest BCUT2D eigenvalue weighted by Crippen LogP contribution is -2.52. The first-order chi connectivity index (χ1) is 10.4. The number of piperazine rings is 1. The quantitative estimate of drug-likeness (QED) is 0.798. The molecule has 0 unspecified atom stereocenters. The molecule has 0 bridgehead atoms. The number of halogens is 3. The van der Waals surface area contributed by atoms with Gasteiger partial charge in [-0.05, 0) is 18.2 Å². The SMILES string of the molecule is CN(CCN1CCN(C(F)(F)F)CC1)c1cccc(C#N)c1. The summed E-state index contributed by atoms with van der Waals surface area (Å²) < 4.78 is 37.6. The first-order valence-corrected chi connectivity index (χ1v) is 7.15. The van der Waals surface area contributed by atoms with Gasteiger partial charge < -0.3 is 4.90 Å². The summed E-state index contributed by atoms with van der Waals surface area (Å²) in [7, 11) is 1.92. The lowest BCUT2D eigenvalue weighted by molar-refractivity contribution is -0.252. The van der Waals surface area contributed by atoms with E-state index in [-0.39, 0.29) is 13.1 Å². The molecule has 0 radical (unpaired) electrons. The molecule has 120 valence electrons. The fourth-order valence-corrected chi connectivity index (χ4v) is 2.46. The molecule has 1 aromatic carbocycles. The van der Waals surface area contributed by atoms with Gasteiger partial charge >= 0.3 is 6.30 Å². The molecule has 1 heterocycles. The number of hydrogen-bond donors (Lipinski definition) is 0. The third-order valence-corrected chi connectivity index (χ3v) is 3.90. The zero-order valence-electron chi connectivity index (χ0n) is 12.5. The van der Waals surface area contributed by atoms with Gasteiger partial charge in [0, 0.05) is 52.0 Å². The van der Waals surface area contributed by atoms with E-state index in [1.807, 2.05) is 35.0 Å². The van der Waals surface area contributed by atoms with Crippen molar-refractivity contribution >= 4 is 5.69 Å². The number of hydrogen-bond acceptors (Lipinski definition) is 4. The maximum absolute atomic E-state index is 12.5. The van der Waals surface area contributed by atoms with Crippen LogP contribution in [0.3, 0.4) is 0 Å². The van der Waals surface area contributed by atoms with Gasteiger partial charge in [-0.15, -0.1) is 0 Å². The molecule has 4 nitrogen and oxygen atoms in total. The highest BCUT2D eigenvalue weighted by Crippen LogP contribution is 2.22. The van der Waals surface area contributed by atoms with Crippen molar-refractivity contribution < 1.29 is 13.2 Å². The largest absolute Gasteiger partial charge is 0.460 e. The molecule has 0 aromatic heterocycles. The highest BCUT2D eigenvalue weighted by molar-refractivity contribution is 5.50. The minimum atomic E-state index is -4.22. The maximum Gasteiger partial charge on any atom is 0.460 e. The average molecular weight is 312 g/mol. The number of nitrogens with zero attached hydrogens (tertiary/aromatic N) is 4. The molecular weight excluding hydrogens is 293 g/mol. The van der Waals surface area contributed by atoms with Crippen molar-refractivity contribution in [1.82, 2.24) is 9.80 Å². The van der Waals surface area contributed by atoms with E-state index in [1.54, 1.807) is 6.07 Å². The molecule has 1 saturated heterocycles. The summed E-state index contributed by atoms with van der Waals surface area (Å²) in [6.07, 6.45) is -4.22. The van der Waals surface area contributed by atoms with Gasteiger partial charge in [0.1, 0.15) is 0 Å². The van der Waals surface area contributed by atoms with Crippen LogP contribution in [0.2, 0.25) is 0 Å². The van der Waals surface area contributed by atoms with E-state index < -0.39 is 6.30 Å². The number of anilines is 1. The summed E-state index contributed by atoms with van der Waals surface area (Å²) in [5, 5.41) is 8.89. The maximum atomic E-state index is 12.5. The lowest BCUT2D eigenvalue weighted by atomic mass is 10.2. The van der Waals surface area contributed by atoms with Crippen LogP contribution >= 0.6 is 0 Å². The standard InChI is InChI=1S/C15H19F3N4/c1-20(14-4-2-3-13(11-14)12-19)5-6-21-7-9-22(10-8-21)15(16,17)18/h2-4,11H,5-10H2,1H3. The zero-order chi connectivity index (χ0) is 16.2. The summed E-state index contributed by atoms with van der Waals surface area (Å²) in [5.74, 6) is 0. The van der Waals surface area contributed by atoms with Crippen molar-refractivity contribution in [3.05, 3.63) is 29.8 Å². The third-order valence-electron chi connectivity index (χ3n) is 3.90. The lowest BCUT2D eigenvalue weighted by Gasteiger charge is -2.36. The Morgan fingerprint density at radius 3 is 2.50 bits per heavy atom. The molecule has 0 saturated carbocycles. The van der Waals surface area contributed by atoms with Crippen LogP contribution < -0.4 is 4.90 Å². The summed E-state index contributed by atoms with van der Waals surface area (Å²) in [6.45, 7) is 2.31. The predicted octanol–water partition coefficient (Wildman–Crippen LogP) is 2.13. The number of benzene rings is 1.